The van der Waals surface area contributed by atoms with Crippen molar-refractivity contribution in [2.75, 3.05) is 6.61 Å². The number of rotatable bonds is 13. The van der Waals surface area contributed by atoms with Gasteiger partial charge in [0.05, 0.1) is 18.4 Å². The van der Waals surface area contributed by atoms with E-state index in [0.717, 1.165) is 41.6 Å². The van der Waals surface area contributed by atoms with Gasteiger partial charge in [-0.2, -0.15) is 0 Å². The smallest absolute Gasteiger partial charge is 0.407 e. The van der Waals surface area contributed by atoms with Crippen molar-refractivity contribution in [1.29, 1.82) is 0 Å². The van der Waals surface area contributed by atoms with E-state index in [2.05, 4.69) is 15.6 Å². The number of carbonyl (C=O) groups is 3. The summed E-state index contributed by atoms with van der Waals surface area (Å²) in [5.41, 5.74) is 3.62. The molecule has 0 radical (unpaired) electrons. The molecule has 4 rings (SSSR count). The SMILES string of the molecule is Cc1oc(-c2cccc(C(=O)NC3CCC3)c2)nc1CCOc1ccc(CCC(=O)O)c(CNC(=O)OC(C)C)c1. The molecule has 1 fully saturated rings. The number of carbonyl (C=O) groups excluding carboxylic acids is 2. The lowest BCUT2D eigenvalue weighted by Gasteiger charge is -2.26. The lowest BCUT2D eigenvalue weighted by Crippen LogP contribution is -2.39. The summed E-state index contributed by atoms with van der Waals surface area (Å²) in [7, 11) is 0. The zero-order valence-electron chi connectivity index (χ0n) is 23.7. The summed E-state index contributed by atoms with van der Waals surface area (Å²) in [5, 5.41) is 14.9. The van der Waals surface area contributed by atoms with E-state index < -0.39 is 12.1 Å². The fourth-order valence-corrected chi connectivity index (χ4v) is 4.43. The molecule has 0 atom stereocenters. The summed E-state index contributed by atoms with van der Waals surface area (Å²) < 4.78 is 17.0. The van der Waals surface area contributed by atoms with E-state index >= 15 is 0 Å². The molecule has 0 saturated heterocycles. The van der Waals surface area contributed by atoms with E-state index in [4.69, 9.17) is 19.0 Å². The van der Waals surface area contributed by atoms with Crippen molar-refractivity contribution in [3.05, 3.63) is 70.6 Å². The van der Waals surface area contributed by atoms with Gasteiger partial charge in [0, 0.05) is 36.6 Å². The minimum absolute atomic E-state index is 0.0223. The van der Waals surface area contributed by atoms with E-state index in [0.29, 0.717) is 42.4 Å². The molecule has 1 saturated carbocycles. The molecule has 1 aromatic heterocycles. The van der Waals surface area contributed by atoms with Crippen LogP contribution >= 0.6 is 0 Å². The van der Waals surface area contributed by atoms with Crippen LogP contribution in [-0.2, 0) is 28.9 Å². The van der Waals surface area contributed by atoms with E-state index in [-0.39, 0.29) is 31.0 Å². The lowest BCUT2D eigenvalue weighted by atomic mass is 9.93. The van der Waals surface area contributed by atoms with Crippen molar-refractivity contribution in [1.82, 2.24) is 15.6 Å². The van der Waals surface area contributed by atoms with Gasteiger partial charge >= 0.3 is 12.1 Å². The molecule has 1 aliphatic rings. The van der Waals surface area contributed by atoms with Crippen molar-refractivity contribution in [3.63, 3.8) is 0 Å². The number of hydrogen-bond acceptors (Lipinski definition) is 7. The quantitative estimate of drug-likeness (QED) is 0.258. The Kier molecular flexibility index (Phi) is 10.00. The predicted molar refractivity (Wildman–Crippen MR) is 152 cm³/mol. The Bertz CT molecular complexity index is 1380. The fraction of sp³-hybridized carbons (Fsp3) is 0.419. The molecular formula is C31H37N3O7. The number of benzene rings is 2. The lowest BCUT2D eigenvalue weighted by molar-refractivity contribution is -0.136. The first-order chi connectivity index (χ1) is 19.7. The number of amides is 2. The summed E-state index contributed by atoms with van der Waals surface area (Å²) in [4.78, 5) is 40.3. The zero-order chi connectivity index (χ0) is 29.4. The third-order valence-corrected chi connectivity index (χ3v) is 6.86. The number of carboxylic acid groups (broad SMARTS) is 1. The molecule has 1 aliphatic carbocycles. The average Bonchev–Trinajstić information content (AvgIpc) is 3.28. The van der Waals surface area contributed by atoms with Crippen molar-refractivity contribution in [3.8, 4) is 17.2 Å². The largest absolute Gasteiger partial charge is 0.493 e. The van der Waals surface area contributed by atoms with Crippen molar-refractivity contribution >= 4 is 18.0 Å². The van der Waals surface area contributed by atoms with Crippen LogP contribution in [0.1, 0.15) is 72.5 Å². The number of ether oxygens (including phenoxy) is 2. The minimum atomic E-state index is -0.894. The molecule has 0 aliphatic heterocycles. The first-order valence-corrected chi connectivity index (χ1v) is 14.0. The number of hydrogen-bond donors (Lipinski definition) is 3. The molecule has 218 valence electrons. The Morgan fingerprint density at radius 1 is 1.10 bits per heavy atom. The van der Waals surface area contributed by atoms with E-state index in [1.807, 2.05) is 25.1 Å². The number of aliphatic carboxylic acids is 1. The van der Waals surface area contributed by atoms with Gasteiger partial charge < -0.3 is 29.6 Å². The van der Waals surface area contributed by atoms with E-state index in [1.54, 1.807) is 38.1 Å². The maximum atomic E-state index is 12.6. The Morgan fingerprint density at radius 3 is 2.61 bits per heavy atom. The van der Waals surface area contributed by atoms with E-state index in [1.165, 1.54) is 0 Å². The molecule has 1 heterocycles. The van der Waals surface area contributed by atoms with Crippen LogP contribution in [0.5, 0.6) is 5.75 Å². The molecule has 0 unspecified atom stereocenters. The third kappa shape index (κ3) is 8.57. The Morgan fingerprint density at radius 2 is 1.90 bits per heavy atom. The van der Waals surface area contributed by atoms with Crippen molar-refractivity contribution in [2.24, 2.45) is 0 Å². The minimum Gasteiger partial charge on any atom is -0.493 e. The number of nitrogens with one attached hydrogen (secondary N) is 2. The van der Waals surface area contributed by atoms with Crippen LogP contribution in [0.3, 0.4) is 0 Å². The number of nitrogens with zero attached hydrogens (tertiary/aromatic N) is 1. The molecule has 10 nitrogen and oxygen atoms in total. The summed E-state index contributed by atoms with van der Waals surface area (Å²) in [6, 6.07) is 12.9. The van der Waals surface area contributed by atoms with E-state index in [9.17, 15) is 14.4 Å². The predicted octanol–water partition coefficient (Wildman–Crippen LogP) is 5.21. The summed E-state index contributed by atoms with van der Waals surface area (Å²) in [5.74, 6) is 0.721. The first kappa shape index (κ1) is 29.6. The highest BCUT2D eigenvalue weighted by Crippen LogP contribution is 2.25. The highest BCUT2D eigenvalue weighted by molar-refractivity contribution is 5.95. The van der Waals surface area contributed by atoms with Crippen LogP contribution in [0.15, 0.2) is 46.9 Å². The average molecular weight is 564 g/mol. The van der Waals surface area contributed by atoms with Gasteiger partial charge in [0.15, 0.2) is 0 Å². The number of carboxylic acids is 1. The summed E-state index contributed by atoms with van der Waals surface area (Å²) >= 11 is 0. The van der Waals surface area contributed by atoms with Crippen LogP contribution in [0, 0.1) is 6.92 Å². The molecule has 0 bridgehead atoms. The number of aromatic nitrogens is 1. The normalized spacial score (nSPS) is 13.0. The number of aryl methyl sites for hydroxylation is 2. The van der Waals surface area contributed by atoms with Gasteiger partial charge in [-0.1, -0.05) is 12.1 Å². The number of alkyl carbamates (subject to hydrolysis) is 1. The van der Waals surface area contributed by atoms with Gasteiger partial charge in [-0.05, 0) is 87.9 Å². The Labute approximate surface area is 239 Å². The van der Waals surface area contributed by atoms with Gasteiger partial charge in [-0.25, -0.2) is 9.78 Å². The first-order valence-electron chi connectivity index (χ1n) is 14.0. The van der Waals surface area contributed by atoms with Crippen LogP contribution < -0.4 is 15.4 Å². The van der Waals surface area contributed by atoms with Crippen molar-refractivity contribution < 1.29 is 33.4 Å². The molecule has 3 aromatic rings. The molecule has 10 heteroatoms. The Balaban J connectivity index is 1.38. The highest BCUT2D eigenvalue weighted by atomic mass is 16.6. The standard InChI is InChI=1S/C31H37N3O7/c1-19(2)40-31(38)32-18-24-17-26(12-10-21(24)11-13-28(35)36)39-15-14-27-20(3)41-30(34-27)23-7-4-6-22(16-23)29(37)33-25-8-5-9-25/h4,6-7,10,12,16-17,19,25H,5,8-9,11,13-15,18H2,1-3H3,(H,32,38)(H,33,37)(H,35,36). The highest BCUT2D eigenvalue weighted by Gasteiger charge is 2.21. The molecule has 2 amide bonds. The monoisotopic (exact) mass is 563 g/mol. The van der Waals surface area contributed by atoms with Gasteiger partial charge in [-0.15, -0.1) is 0 Å². The van der Waals surface area contributed by atoms with Gasteiger partial charge in [0.2, 0.25) is 5.89 Å². The van der Waals surface area contributed by atoms with Crippen molar-refractivity contribution in [2.45, 2.75) is 78.0 Å². The molecular weight excluding hydrogens is 526 g/mol. The molecule has 0 spiro atoms. The Hall–Kier alpha value is -4.34. The van der Waals surface area contributed by atoms with Crippen LogP contribution in [-0.4, -0.2) is 46.8 Å². The maximum absolute atomic E-state index is 12.6. The zero-order valence-corrected chi connectivity index (χ0v) is 23.7. The third-order valence-electron chi connectivity index (χ3n) is 6.86. The second-order valence-corrected chi connectivity index (χ2v) is 10.4. The van der Waals surface area contributed by atoms with Gasteiger partial charge in [0.1, 0.15) is 11.5 Å². The maximum Gasteiger partial charge on any atom is 0.407 e. The fourth-order valence-electron chi connectivity index (χ4n) is 4.43. The molecule has 3 N–H and O–H groups in total. The second kappa shape index (κ2) is 13.8. The van der Waals surface area contributed by atoms with Crippen LogP contribution in [0.4, 0.5) is 4.79 Å². The number of oxazole rings is 1. The topological polar surface area (TPSA) is 140 Å². The summed E-state index contributed by atoms with van der Waals surface area (Å²) in [6.07, 6.45) is 3.20. The van der Waals surface area contributed by atoms with Crippen LogP contribution in [0.2, 0.25) is 0 Å². The summed E-state index contributed by atoms with van der Waals surface area (Å²) in [6.45, 7) is 5.88. The molecule has 41 heavy (non-hydrogen) atoms. The van der Waals surface area contributed by atoms with Crippen LogP contribution in [0.25, 0.3) is 11.5 Å². The second-order valence-electron chi connectivity index (χ2n) is 10.4. The van der Waals surface area contributed by atoms with Gasteiger partial charge in [-0.3, -0.25) is 9.59 Å². The molecule has 2 aromatic carbocycles. The van der Waals surface area contributed by atoms with Gasteiger partial charge in [0.25, 0.3) is 5.91 Å².